The molecule has 3 heterocycles. The van der Waals surface area contributed by atoms with Crippen molar-refractivity contribution in [3.8, 4) is 0 Å². The minimum Gasteiger partial charge on any atom is -0.381 e. The second-order valence-electron chi connectivity index (χ2n) is 6.89. The van der Waals surface area contributed by atoms with Crippen molar-refractivity contribution in [2.24, 2.45) is 5.92 Å². The van der Waals surface area contributed by atoms with Gasteiger partial charge >= 0.3 is 0 Å². The van der Waals surface area contributed by atoms with Crippen LogP contribution >= 0.6 is 0 Å². The van der Waals surface area contributed by atoms with E-state index in [1.807, 2.05) is 0 Å². The Morgan fingerprint density at radius 3 is 2.70 bits per heavy atom. The van der Waals surface area contributed by atoms with Crippen LogP contribution in [0.3, 0.4) is 0 Å². The van der Waals surface area contributed by atoms with Gasteiger partial charge in [0.05, 0.1) is 0 Å². The summed E-state index contributed by atoms with van der Waals surface area (Å²) in [5, 5.41) is 3.55. The van der Waals surface area contributed by atoms with E-state index in [9.17, 15) is 0 Å². The Balaban J connectivity index is 1.46. The molecule has 1 unspecified atom stereocenters. The lowest BCUT2D eigenvalue weighted by atomic mass is 9.97. The van der Waals surface area contributed by atoms with Crippen LogP contribution in [0.2, 0.25) is 0 Å². The third-order valence-corrected chi connectivity index (χ3v) is 5.40. The van der Waals surface area contributed by atoms with Crippen molar-refractivity contribution in [1.82, 2.24) is 15.1 Å². The molecule has 116 valence electrons. The molecule has 0 aromatic rings. The highest BCUT2D eigenvalue weighted by Crippen LogP contribution is 2.21. The number of ether oxygens (including phenoxy) is 1. The fourth-order valence-electron chi connectivity index (χ4n) is 4.09. The summed E-state index contributed by atoms with van der Waals surface area (Å²) in [6.07, 6.45) is 5.25. The maximum absolute atomic E-state index is 5.49. The molecule has 3 rings (SSSR count). The highest BCUT2D eigenvalue weighted by molar-refractivity contribution is 4.86. The van der Waals surface area contributed by atoms with E-state index in [0.717, 1.165) is 25.2 Å². The summed E-state index contributed by atoms with van der Waals surface area (Å²) in [7, 11) is 0. The summed E-state index contributed by atoms with van der Waals surface area (Å²) in [5.41, 5.74) is 0. The van der Waals surface area contributed by atoms with Crippen LogP contribution in [0, 0.1) is 5.92 Å². The highest BCUT2D eigenvalue weighted by Gasteiger charge is 2.30. The van der Waals surface area contributed by atoms with Crippen LogP contribution in [0.4, 0.5) is 0 Å². The van der Waals surface area contributed by atoms with Gasteiger partial charge in [-0.3, -0.25) is 9.80 Å². The first-order valence-corrected chi connectivity index (χ1v) is 8.59. The maximum atomic E-state index is 5.49. The molecule has 0 bridgehead atoms. The standard InChI is InChI=1S/C16H31N3O/c1-14-12-19(16-4-9-20-10-5-16)8-7-18(14)13-15-3-2-6-17-11-15/h14-17H,2-13H2,1H3/t14-,15?/m0/s1. The fraction of sp³-hybridized carbons (Fsp3) is 1.00. The van der Waals surface area contributed by atoms with E-state index in [0.29, 0.717) is 6.04 Å². The van der Waals surface area contributed by atoms with Gasteiger partial charge in [-0.15, -0.1) is 0 Å². The van der Waals surface area contributed by atoms with Crippen LogP contribution in [0.15, 0.2) is 0 Å². The second-order valence-corrected chi connectivity index (χ2v) is 6.89. The van der Waals surface area contributed by atoms with Crippen LogP contribution in [0.1, 0.15) is 32.6 Å². The zero-order valence-electron chi connectivity index (χ0n) is 13.0. The van der Waals surface area contributed by atoms with Crippen LogP contribution in [0.5, 0.6) is 0 Å². The molecule has 3 fully saturated rings. The first-order chi connectivity index (χ1) is 9.83. The van der Waals surface area contributed by atoms with Crippen molar-refractivity contribution in [3.05, 3.63) is 0 Å². The Bertz CT molecular complexity index is 287. The van der Waals surface area contributed by atoms with Crippen LogP contribution in [0.25, 0.3) is 0 Å². The monoisotopic (exact) mass is 281 g/mol. The molecule has 3 aliphatic rings. The fourth-order valence-corrected chi connectivity index (χ4v) is 4.09. The van der Waals surface area contributed by atoms with E-state index in [4.69, 9.17) is 4.74 Å². The molecule has 0 aromatic heterocycles. The Labute approximate surface area is 123 Å². The van der Waals surface area contributed by atoms with Crippen molar-refractivity contribution in [2.45, 2.75) is 44.7 Å². The van der Waals surface area contributed by atoms with E-state index in [1.54, 1.807) is 0 Å². The summed E-state index contributed by atoms with van der Waals surface area (Å²) >= 11 is 0. The van der Waals surface area contributed by atoms with Gasteiger partial charge in [0.1, 0.15) is 0 Å². The Morgan fingerprint density at radius 1 is 1.15 bits per heavy atom. The first-order valence-electron chi connectivity index (χ1n) is 8.59. The maximum Gasteiger partial charge on any atom is 0.0480 e. The second kappa shape index (κ2) is 7.21. The summed E-state index contributed by atoms with van der Waals surface area (Å²) in [6.45, 7) is 11.9. The minimum atomic E-state index is 0.716. The highest BCUT2D eigenvalue weighted by atomic mass is 16.5. The number of hydrogen-bond acceptors (Lipinski definition) is 4. The molecule has 20 heavy (non-hydrogen) atoms. The van der Waals surface area contributed by atoms with Crippen molar-refractivity contribution >= 4 is 0 Å². The summed E-state index contributed by atoms with van der Waals surface area (Å²) < 4.78 is 5.49. The average molecular weight is 281 g/mol. The van der Waals surface area contributed by atoms with Crippen molar-refractivity contribution in [2.75, 3.05) is 52.5 Å². The molecule has 2 atom stereocenters. The van der Waals surface area contributed by atoms with Gasteiger partial charge in [0.15, 0.2) is 0 Å². The van der Waals surface area contributed by atoms with Gasteiger partial charge in [-0.25, -0.2) is 0 Å². The molecule has 0 saturated carbocycles. The largest absolute Gasteiger partial charge is 0.381 e. The quantitative estimate of drug-likeness (QED) is 0.840. The van der Waals surface area contributed by atoms with E-state index in [-0.39, 0.29) is 0 Å². The Morgan fingerprint density at radius 2 is 2.00 bits per heavy atom. The van der Waals surface area contributed by atoms with E-state index < -0.39 is 0 Å². The van der Waals surface area contributed by atoms with Gasteiger partial charge in [0, 0.05) is 51.5 Å². The summed E-state index contributed by atoms with van der Waals surface area (Å²) in [4.78, 5) is 5.45. The zero-order chi connectivity index (χ0) is 13.8. The van der Waals surface area contributed by atoms with Gasteiger partial charge in [0.25, 0.3) is 0 Å². The molecule has 3 saturated heterocycles. The smallest absolute Gasteiger partial charge is 0.0480 e. The number of piperidine rings is 1. The topological polar surface area (TPSA) is 27.7 Å². The zero-order valence-corrected chi connectivity index (χ0v) is 13.0. The Kier molecular flexibility index (Phi) is 5.32. The molecule has 0 radical (unpaired) electrons. The lowest BCUT2D eigenvalue weighted by Crippen LogP contribution is -2.57. The van der Waals surface area contributed by atoms with Gasteiger partial charge in [-0.2, -0.15) is 0 Å². The molecule has 3 aliphatic heterocycles. The molecule has 0 aliphatic carbocycles. The van der Waals surface area contributed by atoms with Crippen molar-refractivity contribution in [3.63, 3.8) is 0 Å². The molecule has 4 heteroatoms. The van der Waals surface area contributed by atoms with Crippen molar-refractivity contribution in [1.29, 1.82) is 0 Å². The predicted octanol–water partition coefficient (Wildman–Crippen LogP) is 1.17. The molecule has 0 amide bonds. The summed E-state index contributed by atoms with van der Waals surface area (Å²) in [6, 6.07) is 1.50. The van der Waals surface area contributed by atoms with Crippen molar-refractivity contribution < 1.29 is 4.74 Å². The Hall–Kier alpha value is -0.160. The molecular weight excluding hydrogens is 250 g/mol. The number of nitrogens with one attached hydrogen (secondary N) is 1. The molecule has 0 aromatic carbocycles. The van der Waals surface area contributed by atoms with E-state index >= 15 is 0 Å². The molecule has 1 N–H and O–H groups in total. The third-order valence-electron chi connectivity index (χ3n) is 5.40. The van der Waals surface area contributed by atoms with Gasteiger partial charge in [-0.1, -0.05) is 0 Å². The number of nitrogens with zero attached hydrogens (tertiary/aromatic N) is 2. The van der Waals surface area contributed by atoms with Gasteiger partial charge in [-0.05, 0) is 51.6 Å². The number of rotatable bonds is 3. The SMILES string of the molecule is C[C@H]1CN(C2CCOCC2)CCN1CC1CCCNC1. The molecular formula is C16H31N3O. The average Bonchev–Trinajstić information content (AvgIpc) is 2.51. The lowest BCUT2D eigenvalue weighted by molar-refractivity contribution is -0.00563. The summed E-state index contributed by atoms with van der Waals surface area (Å²) in [5.74, 6) is 0.876. The van der Waals surface area contributed by atoms with Crippen LogP contribution in [-0.4, -0.2) is 74.4 Å². The van der Waals surface area contributed by atoms with Crippen LogP contribution < -0.4 is 5.32 Å². The van der Waals surface area contributed by atoms with E-state index in [1.165, 1.54) is 65.0 Å². The lowest BCUT2D eigenvalue weighted by Gasteiger charge is -2.45. The number of hydrogen-bond donors (Lipinski definition) is 1. The van der Waals surface area contributed by atoms with Gasteiger partial charge in [0.2, 0.25) is 0 Å². The normalized spacial score (nSPS) is 35.2. The predicted molar refractivity (Wildman–Crippen MR) is 82.0 cm³/mol. The van der Waals surface area contributed by atoms with E-state index in [2.05, 4.69) is 22.0 Å². The van der Waals surface area contributed by atoms with Crippen LogP contribution in [-0.2, 0) is 4.74 Å². The first kappa shape index (κ1) is 14.8. The third kappa shape index (κ3) is 3.73. The van der Waals surface area contributed by atoms with Gasteiger partial charge < -0.3 is 10.1 Å². The minimum absolute atomic E-state index is 0.716. The molecule has 0 spiro atoms. The number of piperazine rings is 1. The molecule has 4 nitrogen and oxygen atoms in total.